The molecule has 0 amide bonds. The van der Waals surface area contributed by atoms with Gasteiger partial charge in [0.1, 0.15) is 5.76 Å². The molecular weight excluding hydrogens is 200 g/mol. The lowest BCUT2D eigenvalue weighted by Crippen LogP contribution is -2.41. The molecule has 0 aliphatic carbocycles. The van der Waals surface area contributed by atoms with Gasteiger partial charge in [0.05, 0.1) is 12.3 Å². The highest BCUT2D eigenvalue weighted by atomic mass is 16.3. The molecule has 0 spiro atoms. The molecule has 1 aliphatic heterocycles. The Hall–Kier alpha value is -0.800. The first kappa shape index (κ1) is 11.7. The molecule has 0 saturated carbocycles. The first-order valence-corrected chi connectivity index (χ1v) is 6.28. The maximum absolute atomic E-state index is 6.12. The SMILES string of the molecule is CCC1CCCN1C(c1ccco1)C(C)N. The van der Waals surface area contributed by atoms with E-state index in [0.717, 1.165) is 12.3 Å². The summed E-state index contributed by atoms with van der Waals surface area (Å²) < 4.78 is 5.54. The lowest BCUT2D eigenvalue weighted by atomic mass is 10.0. The Labute approximate surface area is 97.6 Å². The number of likely N-dealkylation sites (tertiary alicyclic amines) is 1. The molecule has 3 atom stereocenters. The summed E-state index contributed by atoms with van der Waals surface area (Å²) in [5.74, 6) is 1.01. The number of furan rings is 1. The van der Waals surface area contributed by atoms with Crippen LogP contribution in [0.25, 0.3) is 0 Å². The van der Waals surface area contributed by atoms with E-state index in [1.807, 2.05) is 12.1 Å². The highest BCUT2D eigenvalue weighted by molar-refractivity contribution is 5.08. The summed E-state index contributed by atoms with van der Waals surface area (Å²) in [7, 11) is 0. The monoisotopic (exact) mass is 222 g/mol. The fraction of sp³-hybridized carbons (Fsp3) is 0.692. The van der Waals surface area contributed by atoms with Gasteiger partial charge in [-0.25, -0.2) is 0 Å². The fourth-order valence-electron chi connectivity index (χ4n) is 2.85. The van der Waals surface area contributed by atoms with Crippen molar-refractivity contribution < 1.29 is 4.42 Å². The zero-order valence-electron chi connectivity index (χ0n) is 10.2. The Balaban J connectivity index is 2.19. The summed E-state index contributed by atoms with van der Waals surface area (Å²) >= 11 is 0. The molecule has 0 bridgehead atoms. The number of rotatable bonds is 4. The average Bonchev–Trinajstić information content (AvgIpc) is 2.88. The Bertz CT molecular complexity index is 308. The number of nitrogens with zero attached hydrogens (tertiary/aromatic N) is 1. The van der Waals surface area contributed by atoms with E-state index in [-0.39, 0.29) is 12.1 Å². The van der Waals surface area contributed by atoms with Crippen LogP contribution in [-0.4, -0.2) is 23.5 Å². The van der Waals surface area contributed by atoms with Crippen molar-refractivity contribution in [2.75, 3.05) is 6.54 Å². The summed E-state index contributed by atoms with van der Waals surface area (Å²) in [4.78, 5) is 2.52. The molecule has 1 saturated heterocycles. The molecule has 3 nitrogen and oxygen atoms in total. The van der Waals surface area contributed by atoms with Gasteiger partial charge in [0.15, 0.2) is 0 Å². The van der Waals surface area contributed by atoms with Crippen molar-refractivity contribution >= 4 is 0 Å². The Morgan fingerprint density at radius 2 is 2.44 bits per heavy atom. The summed E-state index contributed by atoms with van der Waals surface area (Å²) in [6.07, 6.45) is 5.51. The molecule has 2 N–H and O–H groups in total. The minimum atomic E-state index is 0.110. The Morgan fingerprint density at radius 3 is 3.00 bits per heavy atom. The molecule has 1 aromatic heterocycles. The van der Waals surface area contributed by atoms with E-state index >= 15 is 0 Å². The maximum atomic E-state index is 6.12. The van der Waals surface area contributed by atoms with Crippen LogP contribution in [0.5, 0.6) is 0 Å². The predicted octanol–water partition coefficient (Wildman–Crippen LogP) is 2.54. The van der Waals surface area contributed by atoms with Crippen molar-refractivity contribution in [1.29, 1.82) is 0 Å². The first-order chi connectivity index (χ1) is 7.74. The first-order valence-electron chi connectivity index (χ1n) is 6.28. The van der Waals surface area contributed by atoms with Crippen molar-refractivity contribution in [2.45, 2.75) is 51.2 Å². The highest BCUT2D eigenvalue weighted by Crippen LogP contribution is 2.32. The van der Waals surface area contributed by atoms with Crippen molar-refractivity contribution in [3.63, 3.8) is 0 Å². The summed E-state index contributed by atoms with van der Waals surface area (Å²) in [6.45, 7) is 5.47. The van der Waals surface area contributed by atoms with E-state index in [4.69, 9.17) is 10.2 Å². The zero-order chi connectivity index (χ0) is 11.5. The van der Waals surface area contributed by atoms with Gasteiger partial charge in [0.2, 0.25) is 0 Å². The maximum Gasteiger partial charge on any atom is 0.122 e. The summed E-state index contributed by atoms with van der Waals surface area (Å²) in [6, 6.07) is 5.00. The molecule has 1 aliphatic rings. The molecule has 1 aromatic rings. The predicted molar refractivity (Wildman–Crippen MR) is 65.1 cm³/mol. The third-order valence-electron chi connectivity index (χ3n) is 3.58. The Kier molecular flexibility index (Phi) is 3.66. The fourth-order valence-corrected chi connectivity index (χ4v) is 2.85. The number of hydrogen-bond donors (Lipinski definition) is 1. The molecule has 90 valence electrons. The summed E-state index contributed by atoms with van der Waals surface area (Å²) in [5.41, 5.74) is 6.12. The lowest BCUT2D eigenvalue weighted by Gasteiger charge is -2.33. The zero-order valence-corrected chi connectivity index (χ0v) is 10.2. The van der Waals surface area contributed by atoms with Gasteiger partial charge in [-0.2, -0.15) is 0 Å². The largest absolute Gasteiger partial charge is 0.468 e. The van der Waals surface area contributed by atoms with Gasteiger partial charge >= 0.3 is 0 Å². The minimum absolute atomic E-state index is 0.110. The minimum Gasteiger partial charge on any atom is -0.468 e. The van der Waals surface area contributed by atoms with E-state index in [1.54, 1.807) is 6.26 Å². The number of nitrogens with two attached hydrogens (primary N) is 1. The molecule has 2 rings (SSSR count). The van der Waals surface area contributed by atoms with Gasteiger partial charge in [-0.05, 0) is 44.9 Å². The van der Waals surface area contributed by atoms with Crippen LogP contribution >= 0.6 is 0 Å². The Morgan fingerprint density at radius 1 is 1.62 bits per heavy atom. The van der Waals surface area contributed by atoms with Crippen LogP contribution in [0, 0.1) is 0 Å². The van der Waals surface area contributed by atoms with Gasteiger partial charge in [-0.3, -0.25) is 4.90 Å². The lowest BCUT2D eigenvalue weighted by molar-refractivity contribution is 0.137. The van der Waals surface area contributed by atoms with Crippen molar-refractivity contribution in [2.24, 2.45) is 5.73 Å². The van der Waals surface area contributed by atoms with E-state index in [2.05, 4.69) is 18.7 Å². The van der Waals surface area contributed by atoms with Crippen LogP contribution in [0.3, 0.4) is 0 Å². The third-order valence-corrected chi connectivity index (χ3v) is 3.58. The number of hydrogen-bond acceptors (Lipinski definition) is 3. The second kappa shape index (κ2) is 5.02. The van der Waals surface area contributed by atoms with Crippen LogP contribution in [0.15, 0.2) is 22.8 Å². The molecule has 3 heteroatoms. The van der Waals surface area contributed by atoms with Crippen LogP contribution < -0.4 is 5.73 Å². The topological polar surface area (TPSA) is 42.4 Å². The molecule has 0 aromatic carbocycles. The second-order valence-electron chi connectivity index (χ2n) is 4.76. The highest BCUT2D eigenvalue weighted by Gasteiger charge is 2.33. The van der Waals surface area contributed by atoms with Crippen LogP contribution in [0.1, 0.15) is 44.9 Å². The average molecular weight is 222 g/mol. The standard InChI is InChI=1S/C13H22N2O/c1-3-11-6-4-8-15(11)13(10(2)14)12-7-5-9-16-12/h5,7,9-11,13H,3-4,6,8,14H2,1-2H3. The summed E-state index contributed by atoms with van der Waals surface area (Å²) in [5, 5.41) is 0. The van der Waals surface area contributed by atoms with Gasteiger partial charge in [-0.1, -0.05) is 6.92 Å². The van der Waals surface area contributed by atoms with Gasteiger partial charge in [0.25, 0.3) is 0 Å². The molecule has 3 unspecified atom stereocenters. The van der Waals surface area contributed by atoms with Gasteiger partial charge < -0.3 is 10.2 Å². The van der Waals surface area contributed by atoms with Crippen LogP contribution in [0.2, 0.25) is 0 Å². The van der Waals surface area contributed by atoms with Crippen LogP contribution in [-0.2, 0) is 0 Å². The van der Waals surface area contributed by atoms with Crippen molar-refractivity contribution in [3.05, 3.63) is 24.2 Å². The van der Waals surface area contributed by atoms with E-state index in [9.17, 15) is 0 Å². The van der Waals surface area contributed by atoms with E-state index in [0.29, 0.717) is 6.04 Å². The molecular formula is C13H22N2O. The van der Waals surface area contributed by atoms with Crippen LogP contribution in [0.4, 0.5) is 0 Å². The van der Waals surface area contributed by atoms with Crippen molar-refractivity contribution in [3.8, 4) is 0 Å². The molecule has 0 radical (unpaired) electrons. The van der Waals surface area contributed by atoms with Gasteiger partial charge in [0, 0.05) is 12.1 Å². The molecule has 1 fully saturated rings. The molecule has 2 heterocycles. The van der Waals surface area contributed by atoms with E-state index < -0.39 is 0 Å². The quantitative estimate of drug-likeness (QED) is 0.851. The normalized spacial score (nSPS) is 25.8. The second-order valence-corrected chi connectivity index (χ2v) is 4.76. The smallest absolute Gasteiger partial charge is 0.122 e. The molecule has 16 heavy (non-hydrogen) atoms. The third kappa shape index (κ3) is 2.15. The van der Waals surface area contributed by atoms with Crippen molar-refractivity contribution in [1.82, 2.24) is 4.90 Å². The van der Waals surface area contributed by atoms with E-state index in [1.165, 1.54) is 19.3 Å². The van der Waals surface area contributed by atoms with Gasteiger partial charge in [-0.15, -0.1) is 0 Å².